The summed E-state index contributed by atoms with van der Waals surface area (Å²) in [5, 5.41) is 3.17. The first-order chi connectivity index (χ1) is 12.2. The molecule has 0 bridgehead atoms. The molecule has 132 valence electrons. The Balaban J connectivity index is 1.58. The molecule has 3 heteroatoms. The van der Waals surface area contributed by atoms with Gasteiger partial charge in [0.15, 0.2) is 0 Å². The van der Waals surface area contributed by atoms with Gasteiger partial charge in [0.05, 0.1) is 0 Å². The molecule has 1 N–H and O–H groups in total. The zero-order valence-electron chi connectivity index (χ0n) is 15.3. The summed E-state index contributed by atoms with van der Waals surface area (Å²) in [6, 6.07) is 14.9. The molecule has 0 unspecified atom stereocenters. The van der Waals surface area contributed by atoms with E-state index in [1.807, 2.05) is 0 Å². The molecule has 0 aliphatic carbocycles. The third-order valence-corrected chi connectivity index (χ3v) is 5.13. The van der Waals surface area contributed by atoms with Gasteiger partial charge in [-0.25, -0.2) is 0 Å². The fourth-order valence-electron chi connectivity index (χ4n) is 3.61. The lowest BCUT2D eigenvalue weighted by Gasteiger charge is -2.28. The Hall–Kier alpha value is -2.13. The van der Waals surface area contributed by atoms with Gasteiger partial charge in [0, 0.05) is 31.7 Å². The van der Waals surface area contributed by atoms with Crippen LogP contribution in [0.1, 0.15) is 42.5 Å². The molecule has 0 spiro atoms. The molecular weight excluding hydrogens is 308 g/mol. The number of nitrogens with zero attached hydrogens (tertiary/aromatic N) is 1. The Labute approximate surface area is 151 Å². The summed E-state index contributed by atoms with van der Waals surface area (Å²) in [7, 11) is 0. The van der Waals surface area contributed by atoms with Crippen molar-refractivity contribution in [2.45, 2.75) is 46.1 Å². The Morgan fingerprint density at radius 3 is 2.36 bits per heavy atom. The van der Waals surface area contributed by atoms with Crippen LogP contribution >= 0.6 is 0 Å². The van der Waals surface area contributed by atoms with Crippen LogP contribution in [0.5, 0.6) is 0 Å². The summed E-state index contributed by atoms with van der Waals surface area (Å²) < 4.78 is 0. The van der Waals surface area contributed by atoms with Crippen molar-refractivity contribution in [3.05, 3.63) is 64.7 Å². The van der Waals surface area contributed by atoms with E-state index in [1.165, 1.54) is 22.3 Å². The van der Waals surface area contributed by atoms with Crippen LogP contribution in [0.25, 0.3) is 0 Å². The molecule has 2 aromatic carbocycles. The average Bonchev–Trinajstić information content (AvgIpc) is 2.66. The van der Waals surface area contributed by atoms with Crippen LogP contribution in [-0.4, -0.2) is 23.9 Å². The van der Waals surface area contributed by atoms with Crippen molar-refractivity contribution >= 4 is 11.6 Å². The number of nitrogens with one attached hydrogen (secondary N) is 1. The van der Waals surface area contributed by atoms with Gasteiger partial charge < -0.3 is 5.32 Å². The lowest BCUT2D eigenvalue weighted by Crippen LogP contribution is -2.33. The molecule has 0 radical (unpaired) electrons. The van der Waals surface area contributed by atoms with Gasteiger partial charge in [-0.2, -0.15) is 0 Å². The van der Waals surface area contributed by atoms with Crippen molar-refractivity contribution in [1.82, 2.24) is 4.90 Å². The summed E-state index contributed by atoms with van der Waals surface area (Å²) >= 11 is 0. The van der Waals surface area contributed by atoms with Crippen LogP contribution in [0.3, 0.4) is 0 Å². The van der Waals surface area contributed by atoms with E-state index >= 15 is 0 Å². The molecule has 1 aliphatic heterocycles. The second-order valence-electron chi connectivity index (χ2n) is 6.75. The Kier molecular flexibility index (Phi) is 5.87. The minimum atomic E-state index is 0.120. The summed E-state index contributed by atoms with van der Waals surface area (Å²) in [6.45, 7) is 7.08. The maximum atomic E-state index is 12.5. The van der Waals surface area contributed by atoms with E-state index in [0.29, 0.717) is 6.42 Å². The number of benzene rings is 2. The van der Waals surface area contributed by atoms with E-state index in [-0.39, 0.29) is 5.91 Å². The largest absolute Gasteiger partial charge is 0.326 e. The van der Waals surface area contributed by atoms with E-state index < -0.39 is 0 Å². The molecule has 0 fully saturated rings. The fourth-order valence-corrected chi connectivity index (χ4v) is 3.61. The van der Waals surface area contributed by atoms with Crippen molar-refractivity contribution in [3.8, 4) is 0 Å². The third-order valence-electron chi connectivity index (χ3n) is 5.13. The van der Waals surface area contributed by atoms with Crippen molar-refractivity contribution in [2.75, 3.05) is 18.4 Å². The highest BCUT2D eigenvalue weighted by Gasteiger charge is 2.17. The van der Waals surface area contributed by atoms with Crippen LogP contribution in [0.15, 0.2) is 42.5 Å². The van der Waals surface area contributed by atoms with E-state index in [4.69, 9.17) is 0 Å². The second kappa shape index (κ2) is 8.30. The van der Waals surface area contributed by atoms with E-state index in [0.717, 1.165) is 44.6 Å². The summed E-state index contributed by atoms with van der Waals surface area (Å²) in [5.74, 6) is 0.120. The summed E-state index contributed by atoms with van der Waals surface area (Å²) in [6.07, 6.45) is 3.50. The maximum Gasteiger partial charge on any atom is 0.225 e. The maximum absolute atomic E-state index is 12.5. The number of carbonyl (C=O) groups excluding carboxylic acids is 1. The van der Waals surface area contributed by atoms with Crippen LogP contribution in [0.2, 0.25) is 0 Å². The van der Waals surface area contributed by atoms with Crippen LogP contribution < -0.4 is 5.32 Å². The minimum absolute atomic E-state index is 0.120. The molecule has 3 nitrogen and oxygen atoms in total. The zero-order valence-corrected chi connectivity index (χ0v) is 15.3. The Morgan fingerprint density at radius 2 is 1.68 bits per heavy atom. The number of anilines is 1. The Morgan fingerprint density at radius 1 is 1.00 bits per heavy atom. The number of fused-ring (bicyclic) bond motifs is 1. The lowest BCUT2D eigenvalue weighted by atomic mass is 10.00. The molecule has 25 heavy (non-hydrogen) atoms. The summed E-state index contributed by atoms with van der Waals surface area (Å²) in [5.41, 5.74) is 6.33. The quantitative estimate of drug-likeness (QED) is 0.857. The van der Waals surface area contributed by atoms with E-state index in [1.54, 1.807) is 0 Å². The first-order valence-electron chi connectivity index (χ1n) is 9.41. The molecule has 0 saturated heterocycles. The highest BCUT2D eigenvalue weighted by Crippen LogP contribution is 2.23. The molecule has 1 amide bonds. The van der Waals surface area contributed by atoms with Gasteiger partial charge in [0.2, 0.25) is 5.91 Å². The van der Waals surface area contributed by atoms with Gasteiger partial charge in [-0.1, -0.05) is 56.3 Å². The van der Waals surface area contributed by atoms with Gasteiger partial charge in [0.1, 0.15) is 0 Å². The monoisotopic (exact) mass is 336 g/mol. The lowest BCUT2D eigenvalue weighted by molar-refractivity contribution is -0.116. The molecule has 1 heterocycles. The number of rotatable bonds is 6. The van der Waals surface area contributed by atoms with E-state index in [9.17, 15) is 4.79 Å². The van der Waals surface area contributed by atoms with Crippen LogP contribution in [0, 0.1) is 0 Å². The molecule has 0 saturated carbocycles. The molecule has 2 aromatic rings. The highest BCUT2D eigenvalue weighted by atomic mass is 16.1. The van der Waals surface area contributed by atoms with Crippen molar-refractivity contribution in [1.29, 1.82) is 0 Å². The number of amides is 1. The number of carbonyl (C=O) groups is 1. The number of hydrogen-bond donors (Lipinski definition) is 1. The van der Waals surface area contributed by atoms with Crippen LogP contribution in [-0.2, 0) is 30.6 Å². The van der Waals surface area contributed by atoms with Gasteiger partial charge >= 0.3 is 0 Å². The SMILES string of the molecule is CCc1cccc(CC)c1NC(=O)CCN1CCc2ccccc2C1. The predicted molar refractivity (Wildman–Crippen MR) is 104 cm³/mol. The van der Waals surface area contributed by atoms with Gasteiger partial charge in [-0.05, 0) is 41.5 Å². The third kappa shape index (κ3) is 4.29. The minimum Gasteiger partial charge on any atom is -0.326 e. The number of aryl methyl sites for hydroxylation is 2. The predicted octanol–water partition coefficient (Wildman–Crippen LogP) is 4.20. The molecular formula is C22H28N2O. The first kappa shape index (κ1) is 17.7. The van der Waals surface area contributed by atoms with Gasteiger partial charge in [-0.3, -0.25) is 9.69 Å². The van der Waals surface area contributed by atoms with Crippen molar-refractivity contribution in [3.63, 3.8) is 0 Å². The number of para-hydroxylation sites is 1. The normalized spacial score (nSPS) is 14.2. The first-order valence-corrected chi connectivity index (χ1v) is 9.41. The molecule has 1 aliphatic rings. The van der Waals surface area contributed by atoms with Crippen molar-refractivity contribution < 1.29 is 4.79 Å². The molecule has 0 atom stereocenters. The molecule has 3 rings (SSSR count). The van der Waals surface area contributed by atoms with Crippen LogP contribution in [0.4, 0.5) is 5.69 Å². The average molecular weight is 336 g/mol. The van der Waals surface area contributed by atoms with E-state index in [2.05, 4.69) is 66.5 Å². The topological polar surface area (TPSA) is 32.3 Å². The number of hydrogen-bond acceptors (Lipinski definition) is 2. The van der Waals surface area contributed by atoms with Gasteiger partial charge in [-0.15, -0.1) is 0 Å². The smallest absolute Gasteiger partial charge is 0.225 e. The highest BCUT2D eigenvalue weighted by molar-refractivity contribution is 5.92. The standard InChI is InChI=1S/C22H28N2O/c1-3-17-10-7-11-18(4-2)22(17)23-21(25)13-15-24-14-12-19-8-5-6-9-20(19)16-24/h5-11H,3-4,12-16H2,1-2H3,(H,23,25). The molecule has 0 aromatic heterocycles. The summed E-state index contributed by atoms with van der Waals surface area (Å²) in [4.78, 5) is 14.9. The zero-order chi connectivity index (χ0) is 17.6. The second-order valence-corrected chi connectivity index (χ2v) is 6.75. The van der Waals surface area contributed by atoms with Gasteiger partial charge in [0.25, 0.3) is 0 Å². The Bertz CT molecular complexity index is 716. The fraction of sp³-hybridized carbons (Fsp3) is 0.409. The van der Waals surface area contributed by atoms with Crippen molar-refractivity contribution in [2.24, 2.45) is 0 Å².